The molecule has 0 saturated carbocycles. The Bertz CT molecular complexity index is 731. The summed E-state index contributed by atoms with van der Waals surface area (Å²) in [5.41, 5.74) is 3.40. The lowest BCUT2D eigenvalue weighted by molar-refractivity contribution is 0.452. The highest BCUT2D eigenvalue weighted by molar-refractivity contribution is 6.16. The van der Waals surface area contributed by atoms with E-state index in [1.54, 1.807) is 6.26 Å². The van der Waals surface area contributed by atoms with Crippen molar-refractivity contribution in [1.82, 2.24) is 9.55 Å². The van der Waals surface area contributed by atoms with Crippen LogP contribution in [0.4, 0.5) is 0 Å². The lowest BCUT2D eigenvalue weighted by Gasteiger charge is -2.16. The fourth-order valence-electron chi connectivity index (χ4n) is 2.78. The van der Waals surface area contributed by atoms with Crippen LogP contribution in [0, 0.1) is 6.92 Å². The molecule has 0 aliphatic rings. The van der Waals surface area contributed by atoms with Crippen molar-refractivity contribution in [1.29, 1.82) is 0 Å². The monoisotopic (exact) mass is 302 g/mol. The van der Waals surface area contributed by atoms with Crippen molar-refractivity contribution in [2.24, 2.45) is 0 Å². The second kappa shape index (κ2) is 5.94. The van der Waals surface area contributed by atoms with Crippen LogP contribution in [-0.2, 0) is 12.3 Å². The zero-order chi connectivity index (χ0) is 14.8. The first-order valence-electron chi connectivity index (χ1n) is 7.25. The molecular formula is C17H19ClN2O. The van der Waals surface area contributed by atoms with Gasteiger partial charge in [-0.15, -0.1) is 11.6 Å². The molecule has 3 nitrogen and oxygen atoms in total. The van der Waals surface area contributed by atoms with Gasteiger partial charge in [-0.05, 0) is 50.1 Å². The van der Waals surface area contributed by atoms with Crippen LogP contribution in [-0.4, -0.2) is 9.55 Å². The third kappa shape index (κ3) is 2.84. The molecule has 0 aliphatic carbocycles. The van der Waals surface area contributed by atoms with Crippen molar-refractivity contribution >= 4 is 22.6 Å². The molecule has 2 heterocycles. The van der Waals surface area contributed by atoms with E-state index in [9.17, 15) is 0 Å². The van der Waals surface area contributed by atoms with Gasteiger partial charge in [-0.25, -0.2) is 4.98 Å². The number of furan rings is 1. The van der Waals surface area contributed by atoms with Gasteiger partial charge in [0.25, 0.3) is 0 Å². The average Bonchev–Trinajstić information content (AvgIpc) is 3.11. The van der Waals surface area contributed by atoms with Crippen LogP contribution >= 0.6 is 11.6 Å². The van der Waals surface area contributed by atoms with Gasteiger partial charge in [-0.2, -0.15) is 0 Å². The van der Waals surface area contributed by atoms with Crippen LogP contribution in [0.2, 0.25) is 0 Å². The molecule has 4 heteroatoms. The normalized spacial score (nSPS) is 12.9. The first kappa shape index (κ1) is 14.2. The van der Waals surface area contributed by atoms with Gasteiger partial charge in [0.1, 0.15) is 11.6 Å². The standard InChI is InChI=1S/C17H19ClN2O/c1-12-5-8-16-15(10-12)19-17(11-18)20(16)13(2)6-7-14-4-3-9-21-14/h3-5,8-10,13H,6-7,11H2,1-2H3. The van der Waals surface area contributed by atoms with Gasteiger partial charge >= 0.3 is 0 Å². The molecule has 1 unspecified atom stereocenters. The van der Waals surface area contributed by atoms with Crippen molar-refractivity contribution < 1.29 is 4.42 Å². The Balaban J connectivity index is 1.90. The van der Waals surface area contributed by atoms with Crippen LogP contribution in [0.5, 0.6) is 0 Å². The summed E-state index contributed by atoms with van der Waals surface area (Å²) in [7, 11) is 0. The molecule has 21 heavy (non-hydrogen) atoms. The number of nitrogens with zero attached hydrogens (tertiary/aromatic N) is 2. The van der Waals surface area contributed by atoms with Crippen LogP contribution in [0.1, 0.15) is 36.5 Å². The summed E-state index contributed by atoms with van der Waals surface area (Å²) in [5, 5.41) is 0. The molecule has 3 rings (SSSR count). The predicted octanol–water partition coefficient (Wildman–Crippen LogP) is 4.87. The molecule has 0 amide bonds. The summed E-state index contributed by atoms with van der Waals surface area (Å²) in [6.07, 6.45) is 3.64. The maximum Gasteiger partial charge on any atom is 0.125 e. The summed E-state index contributed by atoms with van der Waals surface area (Å²) in [5.74, 6) is 2.39. The summed E-state index contributed by atoms with van der Waals surface area (Å²) < 4.78 is 7.66. The molecule has 1 aromatic carbocycles. The number of aryl methyl sites for hydroxylation is 2. The number of benzene rings is 1. The third-order valence-electron chi connectivity index (χ3n) is 3.87. The van der Waals surface area contributed by atoms with Gasteiger partial charge in [0.2, 0.25) is 0 Å². The number of rotatable bonds is 5. The molecule has 0 saturated heterocycles. The Kier molecular flexibility index (Phi) is 4.02. The SMILES string of the molecule is Cc1ccc2c(c1)nc(CCl)n2C(C)CCc1ccco1. The smallest absolute Gasteiger partial charge is 0.125 e. The van der Waals surface area contributed by atoms with Crippen LogP contribution in [0.25, 0.3) is 11.0 Å². The van der Waals surface area contributed by atoms with Gasteiger partial charge in [0.15, 0.2) is 0 Å². The van der Waals surface area contributed by atoms with E-state index in [0.717, 1.165) is 35.5 Å². The number of fused-ring (bicyclic) bond motifs is 1. The van der Waals surface area contributed by atoms with Gasteiger partial charge < -0.3 is 8.98 Å². The van der Waals surface area contributed by atoms with Gasteiger partial charge in [-0.3, -0.25) is 0 Å². The molecule has 1 atom stereocenters. The van der Waals surface area contributed by atoms with E-state index in [-0.39, 0.29) is 0 Å². The molecule has 0 N–H and O–H groups in total. The third-order valence-corrected chi connectivity index (χ3v) is 4.11. The Morgan fingerprint density at radius 3 is 2.90 bits per heavy atom. The Labute approximate surface area is 129 Å². The maximum atomic E-state index is 6.09. The molecule has 110 valence electrons. The minimum atomic E-state index is 0.330. The number of hydrogen-bond acceptors (Lipinski definition) is 2. The molecule has 0 aliphatic heterocycles. The van der Waals surface area contributed by atoms with Crippen LogP contribution in [0.3, 0.4) is 0 Å². The number of halogens is 1. The second-order valence-corrected chi connectivity index (χ2v) is 5.76. The van der Waals surface area contributed by atoms with Gasteiger partial charge in [0, 0.05) is 12.5 Å². The van der Waals surface area contributed by atoms with Crippen molar-refractivity contribution in [3.05, 3.63) is 53.7 Å². The molecule has 0 radical (unpaired) electrons. The number of alkyl halides is 1. The first-order valence-corrected chi connectivity index (χ1v) is 7.78. The number of aromatic nitrogens is 2. The number of hydrogen-bond donors (Lipinski definition) is 0. The topological polar surface area (TPSA) is 31.0 Å². The summed E-state index contributed by atoms with van der Waals surface area (Å²) >= 11 is 6.09. The predicted molar refractivity (Wildman–Crippen MR) is 85.8 cm³/mol. The van der Waals surface area contributed by atoms with Crippen molar-refractivity contribution in [3.63, 3.8) is 0 Å². The van der Waals surface area contributed by atoms with Gasteiger partial charge in [0.05, 0.1) is 23.2 Å². The molecule has 2 aromatic heterocycles. The Morgan fingerprint density at radius 1 is 1.33 bits per heavy atom. The van der Waals surface area contributed by atoms with E-state index < -0.39 is 0 Å². The minimum absolute atomic E-state index is 0.330. The average molecular weight is 303 g/mol. The van der Waals surface area contributed by atoms with Gasteiger partial charge in [-0.1, -0.05) is 6.07 Å². The Hall–Kier alpha value is -1.74. The Morgan fingerprint density at radius 2 is 2.19 bits per heavy atom. The molecule has 3 aromatic rings. The second-order valence-electron chi connectivity index (χ2n) is 5.49. The highest BCUT2D eigenvalue weighted by atomic mass is 35.5. The quantitative estimate of drug-likeness (QED) is 0.630. The molecule has 0 fully saturated rings. The fourth-order valence-corrected chi connectivity index (χ4v) is 2.97. The highest BCUT2D eigenvalue weighted by Gasteiger charge is 2.15. The van der Waals surface area contributed by atoms with E-state index in [1.807, 2.05) is 12.1 Å². The largest absolute Gasteiger partial charge is 0.469 e. The molecule has 0 spiro atoms. The number of imidazole rings is 1. The maximum absolute atomic E-state index is 6.09. The fraction of sp³-hybridized carbons (Fsp3) is 0.353. The lowest BCUT2D eigenvalue weighted by atomic mass is 10.1. The first-order chi connectivity index (χ1) is 10.2. The van der Waals surface area contributed by atoms with Crippen molar-refractivity contribution in [3.8, 4) is 0 Å². The zero-order valence-electron chi connectivity index (χ0n) is 12.3. The van der Waals surface area contributed by atoms with E-state index in [0.29, 0.717) is 11.9 Å². The van der Waals surface area contributed by atoms with Crippen molar-refractivity contribution in [2.75, 3.05) is 0 Å². The minimum Gasteiger partial charge on any atom is -0.469 e. The molecule has 0 bridgehead atoms. The van der Waals surface area contributed by atoms with E-state index in [4.69, 9.17) is 16.0 Å². The molecular weight excluding hydrogens is 284 g/mol. The highest BCUT2D eigenvalue weighted by Crippen LogP contribution is 2.26. The van der Waals surface area contributed by atoms with Crippen molar-refractivity contribution in [2.45, 2.75) is 38.6 Å². The lowest BCUT2D eigenvalue weighted by Crippen LogP contribution is -2.09. The van der Waals surface area contributed by atoms with Crippen LogP contribution < -0.4 is 0 Å². The summed E-state index contributed by atoms with van der Waals surface area (Å²) in [4.78, 5) is 4.67. The summed E-state index contributed by atoms with van der Waals surface area (Å²) in [6.45, 7) is 4.29. The summed E-state index contributed by atoms with van der Waals surface area (Å²) in [6, 6.07) is 10.6. The van der Waals surface area contributed by atoms with E-state index >= 15 is 0 Å². The van der Waals surface area contributed by atoms with Crippen LogP contribution in [0.15, 0.2) is 41.0 Å². The zero-order valence-corrected chi connectivity index (χ0v) is 13.1. The van der Waals surface area contributed by atoms with E-state index in [2.05, 4.69) is 41.6 Å². The van der Waals surface area contributed by atoms with E-state index in [1.165, 1.54) is 5.56 Å².